The van der Waals surface area contributed by atoms with Crippen LogP contribution in [0.4, 0.5) is 4.39 Å². The maximum Gasteiger partial charge on any atom is 0.123 e. The minimum Gasteiger partial charge on any atom is -0.389 e. The van der Waals surface area contributed by atoms with Crippen LogP contribution in [0.25, 0.3) is 0 Å². The van der Waals surface area contributed by atoms with Crippen LogP contribution in [0.5, 0.6) is 0 Å². The molecular formula is C15H22FNO. The van der Waals surface area contributed by atoms with Crippen LogP contribution in [-0.4, -0.2) is 17.3 Å². The SMILES string of the molecule is CCC(NCC1(O)CCCC1)c1cccc(F)c1. The number of rotatable bonds is 5. The van der Waals surface area contributed by atoms with Crippen LogP contribution in [0.2, 0.25) is 0 Å². The molecule has 0 spiro atoms. The summed E-state index contributed by atoms with van der Waals surface area (Å²) in [5, 5.41) is 13.7. The van der Waals surface area contributed by atoms with Gasteiger partial charge in [0.1, 0.15) is 5.82 Å². The number of benzene rings is 1. The van der Waals surface area contributed by atoms with Crippen molar-refractivity contribution in [3.63, 3.8) is 0 Å². The lowest BCUT2D eigenvalue weighted by Gasteiger charge is -2.26. The minimum atomic E-state index is -0.555. The molecule has 0 bridgehead atoms. The molecule has 2 N–H and O–H groups in total. The van der Waals surface area contributed by atoms with E-state index in [-0.39, 0.29) is 11.9 Å². The summed E-state index contributed by atoms with van der Waals surface area (Å²) >= 11 is 0. The van der Waals surface area contributed by atoms with E-state index < -0.39 is 5.60 Å². The number of hydrogen-bond acceptors (Lipinski definition) is 2. The molecule has 1 aromatic rings. The van der Waals surface area contributed by atoms with E-state index in [1.54, 1.807) is 12.1 Å². The van der Waals surface area contributed by atoms with Gasteiger partial charge in [0, 0.05) is 12.6 Å². The topological polar surface area (TPSA) is 32.3 Å². The average Bonchev–Trinajstić information content (AvgIpc) is 2.77. The summed E-state index contributed by atoms with van der Waals surface area (Å²) in [6.45, 7) is 2.67. The van der Waals surface area contributed by atoms with Crippen molar-refractivity contribution >= 4 is 0 Å². The molecule has 0 aromatic heterocycles. The van der Waals surface area contributed by atoms with Gasteiger partial charge in [-0.2, -0.15) is 0 Å². The molecule has 0 heterocycles. The van der Waals surface area contributed by atoms with E-state index in [0.717, 1.165) is 37.7 Å². The van der Waals surface area contributed by atoms with Gasteiger partial charge >= 0.3 is 0 Å². The van der Waals surface area contributed by atoms with Gasteiger partial charge in [-0.05, 0) is 37.0 Å². The molecule has 0 aliphatic heterocycles. The number of halogens is 1. The molecule has 3 heteroatoms. The molecule has 1 aromatic carbocycles. The van der Waals surface area contributed by atoms with Crippen LogP contribution in [0.1, 0.15) is 50.6 Å². The number of aliphatic hydroxyl groups is 1. The van der Waals surface area contributed by atoms with Gasteiger partial charge in [0.15, 0.2) is 0 Å². The Morgan fingerprint density at radius 2 is 2.11 bits per heavy atom. The first kappa shape index (κ1) is 13.5. The van der Waals surface area contributed by atoms with Gasteiger partial charge in [0.2, 0.25) is 0 Å². The Kier molecular flexibility index (Phi) is 4.36. The van der Waals surface area contributed by atoms with Gasteiger partial charge in [-0.3, -0.25) is 0 Å². The zero-order valence-corrected chi connectivity index (χ0v) is 11.0. The number of nitrogens with one attached hydrogen (secondary N) is 1. The molecule has 2 rings (SSSR count). The van der Waals surface area contributed by atoms with Crippen molar-refractivity contribution in [1.29, 1.82) is 0 Å². The highest BCUT2D eigenvalue weighted by molar-refractivity contribution is 5.20. The summed E-state index contributed by atoms with van der Waals surface area (Å²) in [7, 11) is 0. The minimum absolute atomic E-state index is 0.116. The fourth-order valence-corrected chi connectivity index (χ4v) is 2.74. The smallest absolute Gasteiger partial charge is 0.123 e. The molecule has 0 amide bonds. The van der Waals surface area contributed by atoms with E-state index in [1.165, 1.54) is 6.07 Å². The molecule has 0 saturated heterocycles. The highest BCUT2D eigenvalue weighted by atomic mass is 19.1. The predicted molar refractivity (Wildman–Crippen MR) is 70.9 cm³/mol. The van der Waals surface area contributed by atoms with Crippen LogP contribution in [-0.2, 0) is 0 Å². The van der Waals surface area contributed by atoms with Crippen molar-refractivity contribution in [3.8, 4) is 0 Å². The molecule has 1 aliphatic rings. The molecular weight excluding hydrogens is 229 g/mol. The predicted octanol–water partition coefficient (Wildman–Crippen LogP) is 3.17. The zero-order chi connectivity index (χ0) is 13.0. The molecule has 1 unspecified atom stereocenters. The second-order valence-corrected chi connectivity index (χ2v) is 5.33. The Balaban J connectivity index is 1.97. The lowest BCUT2D eigenvalue weighted by molar-refractivity contribution is 0.0446. The Labute approximate surface area is 108 Å². The maximum absolute atomic E-state index is 13.2. The van der Waals surface area contributed by atoms with Gasteiger partial charge in [-0.25, -0.2) is 4.39 Å². The molecule has 0 radical (unpaired) electrons. The fourth-order valence-electron chi connectivity index (χ4n) is 2.74. The highest BCUT2D eigenvalue weighted by Crippen LogP contribution is 2.29. The van der Waals surface area contributed by atoms with Crippen molar-refractivity contribution in [2.45, 2.75) is 50.7 Å². The Bertz CT molecular complexity index is 388. The normalized spacial score (nSPS) is 19.9. The third-order valence-corrected chi connectivity index (χ3v) is 3.87. The lowest BCUT2D eigenvalue weighted by Crippen LogP contribution is -2.39. The van der Waals surface area contributed by atoms with Crippen molar-refractivity contribution in [2.75, 3.05) is 6.54 Å². The summed E-state index contributed by atoms with van der Waals surface area (Å²) in [5.74, 6) is -0.202. The first-order valence-corrected chi connectivity index (χ1v) is 6.84. The molecule has 1 fully saturated rings. The van der Waals surface area contributed by atoms with Crippen LogP contribution in [0, 0.1) is 5.82 Å². The van der Waals surface area contributed by atoms with Crippen LogP contribution in [0.3, 0.4) is 0 Å². The van der Waals surface area contributed by atoms with Crippen molar-refractivity contribution in [2.24, 2.45) is 0 Å². The summed E-state index contributed by atoms with van der Waals surface area (Å²) in [4.78, 5) is 0. The summed E-state index contributed by atoms with van der Waals surface area (Å²) < 4.78 is 13.2. The van der Waals surface area contributed by atoms with E-state index in [9.17, 15) is 9.50 Å². The first-order chi connectivity index (χ1) is 8.63. The largest absolute Gasteiger partial charge is 0.389 e. The third-order valence-electron chi connectivity index (χ3n) is 3.87. The monoisotopic (exact) mass is 251 g/mol. The second-order valence-electron chi connectivity index (χ2n) is 5.33. The summed E-state index contributed by atoms with van der Waals surface area (Å²) in [6, 6.07) is 6.81. The molecule has 1 saturated carbocycles. The molecule has 100 valence electrons. The molecule has 18 heavy (non-hydrogen) atoms. The fraction of sp³-hybridized carbons (Fsp3) is 0.600. The second kappa shape index (κ2) is 5.81. The van der Waals surface area contributed by atoms with Crippen LogP contribution < -0.4 is 5.32 Å². The highest BCUT2D eigenvalue weighted by Gasteiger charge is 2.31. The number of hydrogen-bond donors (Lipinski definition) is 2. The van der Waals surface area contributed by atoms with Crippen molar-refractivity contribution < 1.29 is 9.50 Å². The maximum atomic E-state index is 13.2. The van der Waals surface area contributed by atoms with Crippen molar-refractivity contribution in [1.82, 2.24) is 5.32 Å². The van der Waals surface area contributed by atoms with Crippen molar-refractivity contribution in [3.05, 3.63) is 35.6 Å². The van der Waals surface area contributed by atoms with Crippen LogP contribution >= 0.6 is 0 Å². The Hall–Kier alpha value is -0.930. The average molecular weight is 251 g/mol. The van der Waals surface area contributed by atoms with E-state index in [4.69, 9.17) is 0 Å². The van der Waals surface area contributed by atoms with E-state index in [2.05, 4.69) is 12.2 Å². The van der Waals surface area contributed by atoms with E-state index in [0.29, 0.717) is 6.54 Å². The van der Waals surface area contributed by atoms with Gasteiger partial charge in [-0.15, -0.1) is 0 Å². The molecule has 2 nitrogen and oxygen atoms in total. The Morgan fingerprint density at radius 3 is 2.72 bits per heavy atom. The van der Waals surface area contributed by atoms with E-state index in [1.807, 2.05) is 6.07 Å². The third kappa shape index (κ3) is 3.30. The summed E-state index contributed by atoms with van der Waals surface area (Å²) in [6.07, 6.45) is 4.85. The van der Waals surface area contributed by atoms with Gasteiger partial charge in [-0.1, -0.05) is 31.9 Å². The van der Waals surface area contributed by atoms with Crippen LogP contribution in [0.15, 0.2) is 24.3 Å². The molecule has 1 aliphatic carbocycles. The van der Waals surface area contributed by atoms with Gasteiger partial charge in [0.05, 0.1) is 5.60 Å². The standard InChI is InChI=1S/C15H22FNO/c1-2-14(12-6-5-7-13(16)10-12)17-11-15(18)8-3-4-9-15/h5-7,10,14,17-18H,2-4,8-9,11H2,1H3. The van der Waals surface area contributed by atoms with Gasteiger partial charge < -0.3 is 10.4 Å². The Morgan fingerprint density at radius 1 is 1.39 bits per heavy atom. The summed E-state index contributed by atoms with van der Waals surface area (Å²) in [5.41, 5.74) is 0.403. The molecule has 1 atom stereocenters. The van der Waals surface area contributed by atoms with Gasteiger partial charge in [0.25, 0.3) is 0 Å². The van der Waals surface area contributed by atoms with E-state index >= 15 is 0 Å². The first-order valence-electron chi connectivity index (χ1n) is 6.84. The zero-order valence-electron chi connectivity index (χ0n) is 11.0. The lowest BCUT2D eigenvalue weighted by atomic mass is 9.99. The quantitative estimate of drug-likeness (QED) is 0.842.